The highest BCUT2D eigenvalue weighted by Gasteiger charge is 2.22. The van der Waals surface area contributed by atoms with Crippen molar-refractivity contribution in [3.8, 4) is 11.5 Å². The molecule has 1 aliphatic carbocycles. The first-order chi connectivity index (χ1) is 8.72. The third-order valence-corrected chi connectivity index (χ3v) is 3.43. The molecular formula is C14H21NO3. The first kappa shape index (κ1) is 13.0. The summed E-state index contributed by atoms with van der Waals surface area (Å²) in [6.07, 6.45) is 3.88. The van der Waals surface area contributed by atoms with Gasteiger partial charge in [-0.1, -0.05) is 12.8 Å². The molecule has 4 nitrogen and oxygen atoms in total. The number of aliphatic hydroxyl groups is 1. The fourth-order valence-corrected chi connectivity index (χ4v) is 2.38. The highest BCUT2D eigenvalue weighted by atomic mass is 16.5. The lowest BCUT2D eigenvalue weighted by atomic mass is 9.92. The third kappa shape index (κ3) is 3.07. The molecule has 1 saturated carbocycles. The molecule has 1 fully saturated rings. The van der Waals surface area contributed by atoms with Crippen LogP contribution < -0.4 is 14.8 Å². The molecule has 0 aliphatic heterocycles. The molecule has 0 unspecified atom stereocenters. The van der Waals surface area contributed by atoms with Crippen molar-refractivity contribution < 1.29 is 14.6 Å². The van der Waals surface area contributed by atoms with Gasteiger partial charge in [-0.3, -0.25) is 0 Å². The molecule has 18 heavy (non-hydrogen) atoms. The van der Waals surface area contributed by atoms with Crippen molar-refractivity contribution in [1.82, 2.24) is 0 Å². The monoisotopic (exact) mass is 251 g/mol. The van der Waals surface area contributed by atoms with E-state index in [1.54, 1.807) is 14.2 Å². The molecule has 0 saturated heterocycles. The van der Waals surface area contributed by atoms with Gasteiger partial charge in [0, 0.05) is 23.9 Å². The molecular weight excluding hydrogens is 230 g/mol. The van der Waals surface area contributed by atoms with Crippen molar-refractivity contribution in [2.24, 2.45) is 0 Å². The number of methoxy groups -OCH3 is 2. The molecule has 0 bridgehead atoms. The van der Waals surface area contributed by atoms with Crippen LogP contribution in [0.4, 0.5) is 5.69 Å². The predicted molar refractivity (Wildman–Crippen MR) is 71.4 cm³/mol. The van der Waals surface area contributed by atoms with Crippen molar-refractivity contribution in [2.45, 2.75) is 37.8 Å². The van der Waals surface area contributed by atoms with Crippen LogP contribution in [0.1, 0.15) is 25.7 Å². The van der Waals surface area contributed by atoms with Crippen LogP contribution in [0.5, 0.6) is 11.5 Å². The first-order valence-electron chi connectivity index (χ1n) is 6.40. The molecule has 0 aromatic heterocycles. The fraction of sp³-hybridized carbons (Fsp3) is 0.571. The maximum absolute atomic E-state index is 9.96. The van der Waals surface area contributed by atoms with E-state index in [1.807, 2.05) is 18.2 Å². The summed E-state index contributed by atoms with van der Waals surface area (Å²) in [6, 6.07) is 5.80. The van der Waals surface area contributed by atoms with Gasteiger partial charge in [0.2, 0.25) is 0 Å². The molecule has 1 aromatic carbocycles. The number of ether oxygens (including phenoxy) is 2. The molecule has 1 aliphatic rings. The van der Waals surface area contributed by atoms with Crippen LogP contribution in [0.15, 0.2) is 18.2 Å². The van der Waals surface area contributed by atoms with E-state index >= 15 is 0 Å². The molecule has 2 N–H and O–H groups in total. The van der Waals surface area contributed by atoms with E-state index < -0.39 is 0 Å². The highest BCUT2D eigenvalue weighted by Crippen LogP contribution is 2.28. The van der Waals surface area contributed by atoms with Gasteiger partial charge < -0.3 is 19.9 Å². The molecule has 2 atom stereocenters. The average molecular weight is 251 g/mol. The van der Waals surface area contributed by atoms with Crippen molar-refractivity contribution >= 4 is 5.69 Å². The Bertz CT molecular complexity index is 372. The van der Waals surface area contributed by atoms with E-state index in [4.69, 9.17) is 9.47 Å². The van der Waals surface area contributed by atoms with Gasteiger partial charge in [-0.15, -0.1) is 0 Å². The summed E-state index contributed by atoms with van der Waals surface area (Å²) in [5.74, 6) is 1.50. The summed E-state index contributed by atoms with van der Waals surface area (Å²) in [4.78, 5) is 0. The van der Waals surface area contributed by atoms with E-state index in [-0.39, 0.29) is 12.1 Å². The topological polar surface area (TPSA) is 50.7 Å². The summed E-state index contributed by atoms with van der Waals surface area (Å²) < 4.78 is 10.5. The number of rotatable bonds is 4. The zero-order chi connectivity index (χ0) is 13.0. The molecule has 0 heterocycles. The lowest BCUT2D eigenvalue weighted by Crippen LogP contribution is -2.36. The Kier molecular flexibility index (Phi) is 4.31. The van der Waals surface area contributed by atoms with Crippen LogP contribution in [0.25, 0.3) is 0 Å². The minimum Gasteiger partial charge on any atom is -0.497 e. The second-order valence-electron chi connectivity index (χ2n) is 4.70. The summed E-state index contributed by atoms with van der Waals surface area (Å²) in [5, 5.41) is 13.3. The Hall–Kier alpha value is -1.42. The van der Waals surface area contributed by atoms with E-state index in [0.29, 0.717) is 0 Å². The summed E-state index contributed by atoms with van der Waals surface area (Å²) in [7, 11) is 3.27. The lowest BCUT2D eigenvalue weighted by Gasteiger charge is -2.29. The van der Waals surface area contributed by atoms with E-state index in [2.05, 4.69) is 5.32 Å². The van der Waals surface area contributed by atoms with Crippen LogP contribution in [-0.4, -0.2) is 31.5 Å². The third-order valence-electron chi connectivity index (χ3n) is 3.43. The van der Waals surface area contributed by atoms with Crippen molar-refractivity contribution in [1.29, 1.82) is 0 Å². The van der Waals surface area contributed by atoms with Crippen LogP contribution in [-0.2, 0) is 0 Å². The van der Waals surface area contributed by atoms with Gasteiger partial charge in [0.15, 0.2) is 0 Å². The number of anilines is 1. The number of benzene rings is 1. The molecule has 1 aromatic rings. The largest absolute Gasteiger partial charge is 0.497 e. The van der Waals surface area contributed by atoms with Crippen LogP contribution in [0, 0.1) is 0 Å². The Morgan fingerprint density at radius 2 is 1.67 bits per heavy atom. The molecule has 2 rings (SSSR count). The number of aliphatic hydroxyl groups excluding tert-OH is 1. The van der Waals surface area contributed by atoms with E-state index in [1.165, 1.54) is 0 Å². The van der Waals surface area contributed by atoms with E-state index in [0.717, 1.165) is 42.9 Å². The Labute approximate surface area is 108 Å². The quantitative estimate of drug-likeness (QED) is 0.863. The standard InChI is InChI=1S/C14H21NO3/c1-17-11-7-10(8-12(9-11)18-2)15-13-5-3-4-6-14(13)16/h7-9,13-16H,3-6H2,1-2H3/t13-,14-/m0/s1. The van der Waals surface area contributed by atoms with Gasteiger partial charge in [0.25, 0.3) is 0 Å². The second-order valence-corrected chi connectivity index (χ2v) is 4.70. The van der Waals surface area contributed by atoms with Gasteiger partial charge in [-0.05, 0) is 12.8 Å². The highest BCUT2D eigenvalue weighted by molar-refractivity contribution is 5.54. The summed E-state index contributed by atoms with van der Waals surface area (Å²) >= 11 is 0. The lowest BCUT2D eigenvalue weighted by molar-refractivity contribution is 0.116. The van der Waals surface area contributed by atoms with Crippen LogP contribution in [0.2, 0.25) is 0 Å². The molecule has 4 heteroatoms. The summed E-state index contributed by atoms with van der Waals surface area (Å²) in [5.41, 5.74) is 0.928. The van der Waals surface area contributed by atoms with E-state index in [9.17, 15) is 5.11 Å². The smallest absolute Gasteiger partial charge is 0.124 e. The normalized spacial score (nSPS) is 23.5. The molecule has 0 spiro atoms. The number of nitrogens with one attached hydrogen (secondary N) is 1. The van der Waals surface area contributed by atoms with Gasteiger partial charge in [0.05, 0.1) is 26.4 Å². The summed E-state index contributed by atoms with van der Waals surface area (Å²) in [6.45, 7) is 0. The number of hydrogen-bond acceptors (Lipinski definition) is 4. The number of hydrogen-bond donors (Lipinski definition) is 2. The Balaban J connectivity index is 2.12. The van der Waals surface area contributed by atoms with Gasteiger partial charge in [-0.2, -0.15) is 0 Å². The van der Waals surface area contributed by atoms with Gasteiger partial charge in [0.1, 0.15) is 11.5 Å². The van der Waals surface area contributed by atoms with Crippen LogP contribution >= 0.6 is 0 Å². The van der Waals surface area contributed by atoms with Crippen molar-refractivity contribution in [2.75, 3.05) is 19.5 Å². The Morgan fingerprint density at radius 3 is 2.22 bits per heavy atom. The molecule has 0 amide bonds. The molecule has 0 radical (unpaired) electrons. The first-order valence-corrected chi connectivity index (χ1v) is 6.40. The van der Waals surface area contributed by atoms with Crippen molar-refractivity contribution in [3.63, 3.8) is 0 Å². The van der Waals surface area contributed by atoms with Gasteiger partial charge in [-0.25, -0.2) is 0 Å². The maximum Gasteiger partial charge on any atom is 0.124 e. The SMILES string of the molecule is COc1cc(N[C@H]2CCCC[C@@H]2O)cc(OC)c1. The second kappa shape index (κ2) is 5.96. The zero-order valence-electron chi connectivity index (χ0n) is 11.0. The average Bonchev–Trinajstić information content (AvgIpc) is 2.41. The molecule has 100 valence electrons. The minimum atomic E-state index is -0.268. The zero-order valence-corrected chi connectivity index (χ0v) is 11.0. The van der Waals surface area contributed by atoms with Crippen molar-refractivity contribution in [3.05, 3.63) is 18.2 Å². The maximum atomic E-state index is 9.96. The van der Waals surface area contributed by atoms with Gasteiger partial charge >= 0.3 is 0 Å². The van der Waals surface area contributed by atoms with Crippen LogP contribution in [0.3, 0.4) is 0 Å². The Morgan fingerprint density at radius 1 is 1.06 bits per heavy atom. The predicted octanol–water partition coefficient (Wildman–Crippen LogP) is 2.42. The minimum absolute atomic E-state index is 0.121. The fourth-order valence-electron chi connectivity index (χ4n) is 2.38.